The summed E-state index contributed by atoms with van der Waals surface area (Å²) in [5.74, 6) is 0.612. The molecule has 0 aromatic heterocycles. The molecular weight excluding hydrogens is 272 g/mol. The summed E-state index contributed by atoms with van der Waals surface area (Å²) in [5, 5.41) is 20.3. The van der Waals surface area contributed by atoms with E-state index in [4.69, 9.17) is 4.74 Å². The molecule has 2 unspecified atom stereocenters. The molecule has 0 saturated carbocycles. The molecule has 0 aliphatic carbocycles. The average molecular weight is 289 g/mol. The standard InChI is InChI=1S/C12H17BrO3/c1-8-3-4-9(11(7-8)16-2)12(15)10(14)5-6-13/h3-4,7,10,12,14-15H,5-6H2,1-2H3. The zero-order chi connectivity index (χ0) is 12.1. The number of halogens is 1. The van der Waals surface area contributed by atoms with Crippen molar-refractivity contribution in [1.82, 2.24) is 0 Å². The molecule has 2 N–H and O–H groups in total. The van der Waals surface area contributed by atoms with E-state index in [0.717, 1.165) is 5.56 Å². The van der Waals surface area contributed by atoms with Crippen LogP contribution in [-0.4, -0.2) is 28.8 Å². The number of ether oxygens (including phenoxy) is 1. The molecule has 1 rings (SSSR count). The monoisotopic (exact) mass is 288 g/mol. The van der Waals surface area contributed by atoms with Gasteiger partial charge in [0.05, 0.1) is 13.2 Å². The number of hydrogen-bond acceptors (Lipinski definition) is 3. The number of aryl methyl sites for hydroxylation is 1. The maximum atomic E-state index is 9.97. The Bertz CT molecular complexity index is 341. The Morgan fingerprint density at radius 1 is 1.38 bits per heavy atom. The number of alkyl halides is 1. The van der Waals surface area contributed by atoms with Crippen LogP contribution in [0.2, 0.25) is 0 Å². The van der Waals surface area contributed by atoms with Gasteiger partial charge >= 0.3 is 0 Å². The van der Waals surface area contributed by atoms with Crippen molar-refractivity contribution >= 4 is 15.9 Å². The third kappa shape index (κ3) is 3.20. The third-order valence-corrected chi connectivity index (χ3v) is 2.93. The Labute approximate surface area is 104 Å². The normalized spacial score (nSPS) is 14.6. The van der Waals surface area contributed by atoms with Crippen molar-refractivity contribution in [3.63, 3.8) is 0 Å². The lowest BCUT2D eigenvalue weighted by Crippen LogP contribution is -2.19. The zero-order valence-corrected chi connectivity index (χ0v) is 11.1. The first-order chi connectivity index (χ1) is 7.60. The van der Waals surface area contributed by atoms with E-state index in [-0.39, 0.29) is 0 Å². The average Bonchev–Trinajstić information content (AvgIpc) is 2.28. The molecule has 3 nitrogen and oxygen atoms in total. The second kappa shape index (κ2) is 6.23. The van der Waals surface area contributed by atoms with Crippen LogP contribution in [0.3, 0.4) is 0 Å². The Morgan fingerprint density at radius 3 is 2.62 bits per heavy atom. The van der Waals surface area contributed by atoms with Gasteiger partial charge in [-0.3, -0.25) is 0 Å². The number of aliphatic hydroxyl groups excluding tert-OH is 2. The Kier molecular flexibility index (Phi) is 5.25. The summed E-state index contributed by atoms with van der Waals surface area (Å²) in [4.78, 5) is 0. The summed E-state index contributed by atoms with van der Waals surface area (Å²) in [7, 11) is 1.56. The Balaban J connectivity index is 2.93. The minimum atomic E-state index is -0.909. The van der Waals surface area contributed by atoms with Gasteiger partial charge in [-0.2, -0.15) is 0 Å². The molecule has 4 heteroatoms. The summed E-state index contributed by atoms with van der Waals surface area (Å²) in [6, 6.07) is 5.53. The van der Waals surface area contributed by atoms with Gasteiger partial charge in [0.25, 0.3) is 0 Å². The van der Waals surface area contributed by atoms with E-state index in [9.17, 15) is 10.2 Å². The summed E-state index contributed by atoms with van der Waals surface area (Å²) in [6.45, 7) is 1.95. The van der Waals surface area contributed by atoms with Crippen molar-refractivity contribution < 1.29 is 14.9 Å². The van der Waals surface area contributed by atoms with Crippen LogP contribution in [0.15, 0.2) is 18.2 Å². The Morgan fingerprint density at radius 2 is 2.06 bits per heavy atom. The number of hydrogen-bond donors (Lipinski definition) is 2. The van der Waals surface area contributed by atoms with Crippen LogP contribution in [0.1, 0.15) is 23.7 Å². The highest BCUT2D eigenvalue weighted by atomic mass is 79.9. The van der Waals surface area contributed by atoms with Crippen LogP contribution in [-0.2, 0) is 0 Å². The Hall–Kier alpha value is -0.580. The van der Waals surface area contributed by atoms with Crippen LogP contribution in [0.25, 0.3) is 0 Å². The summed E-state index contributed by atoms with van der Waals surface area (Å²) < 4.78 is 5.19. The lowest BCUT2D eigenvalue weighted by atomic mass is 10.0. The van der Waals surface area contributed by atoms with Gasteiger partial charge in [0.1, 0.15) is 11.9 Å². The quantitative estimate of drug-likeness (QED) is 0.817. The van der Waals surface area contributed by atoms with Crippen molar-refractivity contribution in [2.75, 3.05) is 12.4 Å². The lowest BCUT2D eigenvalue weighted by molar-refractivity contribution is 0.0160. The fourth-order valence-electron chi connectivity index (χ4n) is 1.54. The van der Waals surface area contributed by atoms with Gasteiger partial charge in [-0.05, 0) is 25.0 Å². The molecular formula is C12H17BrO3. The lowest BCUT2D eigenvalue weighted by Gasteiger charge is -2.19. The van der Waals surface area contributed by atoms with Crippen LogP contribution < -0.4 is 4.74 Å². The highest BCUT2D eigenvalue weighted by molar-refractivity contribution is 9.09. The fraction of sp³-hybridized carbons (Fsp3) is 0.500. The fourth-order valence-corrected chi connectivity index (χ4v) is 2.01. The summed E-state index contributed by atoms with van der Waals surface area (Å²) in [5.41, 5.74) is 1.68. The minimum Gasteiger partial charge on any atom is -0.496 e. The van der Waals surface area contributed by atoms with Gasteiger partial charge in [-0.25, -0.2) is 0 Å². The molecule has 0 bridgehead atoms. The smallest absolute Gasteiger partial charge is 0.125 e. The molecule has 0 spiro atoms. The molecule has 0 radical (unpaired) electrons. The molecule has 0 heterocycles. The van der Waals surface area contributed by atoms with Gasteiger partial charge in [-0.15, -0.1) is 0 Å². The third-order valence-electron chi connectivity index (χ3n) is 2.48. The molecule has 0 fully saturated rings. The van der Waals surface area contributed by atoms with Crippen LogP contribution in [0.4, 0.5) is 0 Å². The predicted molar refractivity (Wildman–Crippen MR) is 67.1 cm³/mol. The zero-order valence-electron chi connectivity index (χ0n) is 9.48. The second-order valence-corrected chi connectivity index (χ2v) is 4.53. The molecule has 0 aliphatic rings. The number of methoxy groups -OCH3 is 1. The molecule has 0 amide bonds. The first-order valence-electron chi connectivity index (χ1n) is 5.16. The second-order valence-electron chi connectivity index (χ2n) is 3.74. The predicted octanol–water partition coefficient (Wildman–Crippen LogP) is 2.18. The van der Waals surface area contributed by atoms with Crippen molar-refractivity contribution in [3.05, 3.63) is 29.3 Å². The largest absolute Gasteiger partial charge is 0.496 e. The molecule has 16 heavy (non-hydrogen) atoms. The maximum Gasteiger partial charge on any atom is 0.125 e. The molecule has 1 aromatic carbocycles. The highest BCUT2D eigenvalue weighted by Crippen LogP contribution is 2.29. The maximum absolute atomic E-state index is 9.97. The van der Waals surface area contributed by atoms with E-state index in [2.05, 4.69) is 15.9 Å². The van der Waals surface area contributed by atoms with Gasteiger partial charge in [0.2, 0.25) is 0 Å². The van der Waals surface area contributed by atoms with Crippen LogP contribution >= 0.6 is 15.9 Å². The summed E-state index contributed by atoms with van der Waals surface area (Å²) in [6.07, 6.45) is -1.19. The van der Waals surface area contributed by atoms with E-state index >= 15 is 0 Å². The van der Waals surface area contributed by atoms with Crippen molar-refractivity contribution in [3.8, 4) is 5.75 Å². The van der Waals surface area contributed by atoms with Crippen LogP contribution in [0.5, 0.6) is 5.75 Å². The molecule has 0 aliphatic heterocycles. The van der Waals surface area contributed by atoms with Crippen molar-refractivity contribution in [1.29, 1.82) is 0 Å². The van der Waals surface area contributed by atoms with E-state index < -0.39 is 12.2 Å². The van der Waals surface area contributed by atoms with Gasteiger partial charge in [0.15, 0.2) is 0 Å². The number of benzene rings is 1. The van der Waals surface area contributed by atoms with Crippen LogP contribution in [0, 0.1) is 6.92 Å². The number of aliphatic hydroxyl groups is 2. The van der Waals surface area contributed by atoms with Gasteiger partial charge in [0, 0.05) is 10.9 Å². The number of rotatable bonds is 5. The van der Waals surface area contributed by atoms with E-state index in [1.165, 1.54) is 0 Å². The summed E-state index contributed by atoms with van der Waals surface area (Å²) >= 11 is 3.24. The van der Waals surface area contributed by atoms with E-state index in [1.54, 1.807) is 13.2 Å². The van der Waals surface area contributed by atoms with Crippen molar-refractivity contribution in [2.45, 2.75) is 25.6 Å². The van der Waals surface area contributed by atoms with E-state index in [1.807, 2.05) is 19.1 Å². The topological polar surface area (TPSA) is 49.7 Å². The highest BCUT2D eigenvalue weighted by Gasteiger charge is 2.21. The molecule has 2 atom stereocenters. The van der Waals surface area contributed by atoms with Gasteiger partial charge < -0.3 is 14.9 Å². The molecule has 0 saturated heterocycles. The molecule has 1 aromatic rings. The SMILES string of the molecule is COc1cc(C)ccc1C(O)C(O)CCBr. The van der Waals surface area contributed by atoms with Crippen molar-refractivity contribution in [2.24, 2.45) is 0 Å². The first kappa shape index (κ1) is 13.5. The van der Waals surface area contributed by atoms with E-state index in [0.29, 0.717) is 23.1 Å². The minimum absolute atomic E-state index is 0.498. The molecule has 90 valence electrons. The first-order valence-corrected chi connectivity index (χ1v) is 6.29. The van der Waals surface area contributed by atoms with Gasteiger partial charge in [-0.1, -0.05) is 28.1 Å².